The number of nitrogens with zero attached hydrogens (tertiary/aromatic N) is 2. The summed E-state index contributed by atoms with van der Waals surface area (Å²) in [5, 5.41) is 1.03. The Balaban J connectivity index is 1.41. The third-order valence-electron chi connectivity index (χ3n) is 5.83. The van der Waals surface area contributed by atoms with Crippen LogP contribution in [-0.4, -0.2) is 28.9 Å². The second-order valence-electron chi connectivity index (χ2n) is 7.91. The van der Waals surface area contributed by atoms with Gasteiger partial charge in [0.1, 0.15) is 11.5 Å². The maximum atomic E-state index is 12.6. The molecule has 0 spiro atoms. The predicted octanol–water partition coefficient (Wildman–Crippen LogP) is 5.75. The highest BCUT2D eigenvalue weighted by Gasteiger charge is 2.21. The van der Waals surface area contributed by atoms with Gasteiger partial charge < -0.3 is 9.64 Å². The van der Waals surface area contributed by atoms with Gasteiger partial charge in [0.05, 0.1) is 5.52 Å². The second-order valence-corrected chi connectivity index (χ2v) is 7.91. The van der Waals surface area contributed by atoms with Crippen LogP contribution >= 0.6 is 0 Å². The van der Waals surface area contributed by atoms with Crippen molar-refractivity contribution in [1.82, 2.24) is 9.88 Å². The third kappa shape index (κ3) is 4.94. The zero-order valence-corrected chi connectivity index (χ0v) is 17.0. The van der Waals surface area contributed by atoms with E-state index in [9.17, 15) is 4.79 Å². The first kappa shape index (κ1) is 19.4. The first-order chi connectivity index (χ1) is 14.2. The number of carbonyl (C=O) groups excluding carboxylic acids is 1. The quantitative estimate of drug-likeness (QED) is 0.540. The summed E-state index contributed by atoms with van der Waals surface area (Å²) in [6.07, 6.45) is 9.19. The standard InChI is InChI=1S/C25H28N2O2/c1-27(21-8-4-2-5-9-21)25(28)15-12-19-16-20-17-23(13-14-24(20)26-18-19)29-22-10-6-3-7-11-22/h3,6-7,10-11,13-14,16-18,21H,2,4-5,8-9,12,15H2,1H3. The summed E-state index contributed by atoms with van der Waals surface area (Å²) in [5.74, 6) is 1.83. The summed E-state index contributed by atoms with van der Waals surface area (Å²) in [4.78, 5) is 19.2. The summed E-state index contributed by atoms with van der Waals surface area (Å²) >= 11 is 0. The van der Waals surface area contributed by atoms with E-state index >= 15 is 0 Å². The van der Waals surface area contributed by atoms with Crippen molar-refractivity contribution >= 4 is 16.8 Å². The molecule has 150 valence electrons. The average molecular weight is 389 g/mol. The molecular weight excluding hydrogens is 360 g/mol. The predicted molar refractivity (Wildman–Crippen MR) is 116 cm³/mol. The molecule has 29 heavy (non-hydrogen) atoms. The van der Waals surface area contributed by atoms with Crippen LogP contribution in [0.25, 0.3) is 10.9 Å². The molecule has 0 atom stereocenters. The molecule has 4 heteroatoms. The van der Waals surface area contributed by atoms with E-state index in [0.717, 1.165) is 40.8 Å². The lowest BCUT2D eigenvalue weighted by Gasteiger charge is -2.31. The molecule has 0 aliphatic heterocycles. The van der Waals surface area contributed by atoms with Gasteiger partial charge in [-0.15, -0.1) is 0 Å². The Hall–Kier alpha value is -2.88. The second kappa shape index (κ2) is 9.08. The van der Waals surface area contributed by atoms with Gasteiger partial charge in [0.15, 0.2) is 0 Å². The highest BCUT2D eigenvalue weighted by Crippen LogP contribution is 2.26. The monoisotopic (exact) mass is 388 g/mol. The minimum Gasteiger partial charge on any atom is -0.457 e. The molecule has 2 aromatic carbocycles. The van der Waals surface area contributed by atoms with Crippen LogP contribution in [0.15, 0.2) is 60.8 Å². The first-order valence-corrected chi connectivity index (χ1v) is 10.6. The molecule has 1 fully saturated rings. The fourth-order valence-electron chi connectivity index (χ4n) is 4.08. The maximum Gasteiger partial charge on any atom is 0.222 e. The highest BCUT2D eigenvalue weighted by atomic mass is 16.5. The average Bonchev–Trinajstić information content (AvgIpc) is 2.78. The van der Waals surface area contributed by atoms with Crippen molar-refractivity contribution in [3.05, 3.63) is 66.4 Å². The van der Waals surface area contributed by atoms with Crippen LogP contribution in [-0.2, 0) is 11.2 Å². The van der Waals surface area contributed by atoms with E-state index in [1.807, 2.05) is 66.7 Å². The fraction of sp³-hybridized carbons (Fsp3) is 0.360. The Bertz CT molecular complexity index is 965. The Morgan fingerprint density at radius 1 is 1.03 bits per heavy atom. The number of hydrogen-bond donors (Lipinski definition) is 0. The van der Waals surface area contributed by atoms with Crippen molar-refractivity contribution in [2.75, 3.05) is 7.05 Å². The molecule has 1 amide bonds. The van der Waals surface area contributed by atoms with Crippen LogP contribution in [0.2, 0.25) is 0 Å². The topological polar surface area (TPSA) is 42.4 Å². The molecule has 4 rings (SSSR count). The molecule has 4 nitrogen and oxygen atoms in total. The van der Waals surface area contributed by atoms with E-state index in [0.29, 0.717) is 18.9 Å². The van der Waals surface area contributed by atoms with Crippen molar-refractivity contribution in [2.24, 2.45) is 0 Å². The van der Waals surface area contributed by atoms with Gasteiger partial charge in [0.25, 0.3) is 0 Å². The molecule has 3 aromatic rings. The number of amides is 1. The molecule has 1 saturated carbocycles. The van der Waals surface area contributed by atoms with Gasteiger partial charge in [-0.2, -0.15) is 0 Å². The zero-order valence-electron chi connectivity index (χ0n) is 17.0. The number of carbonyl (C=O) groups is 1. The third-order valence-corrected chi connectivity index (χ3v) is 5.83. The largest absolute Gasteiger partial charge is 0.457 e. The number of aryl methyl sites for hydroxylation is 1. The normalized spacial score (nSPS) is 14.7. The van der Waals surface area contributed by atoms with Gasteiger partial charge in [-0.25, -0.2) is 0 Å². The zero-order chi connectivity index (χ0) is 20.1. The van der Waals surface area contributed by atoms with Crippen LogP contribution < -0.4 is 4.74 Å². The number of rotatable bonds is 6. The Kier molecular flexibility index (Phi) is 6.09. The van der Waals surface area contributed by atoms with Crippen molar-refractivity contribution in [2.45, 2.75) is 51.0 Å². The number of para-hydroxylation sites is 1. The van der Waals surface area contributed by atoms with Gasteiger partial charge in [0, 0.05) is 31.1 Å². The molecule has 1 aliphatic rings. The number of benzene rings is 2. The molecule has 0 saturated heterocycles. The molecule has 0 radical (unpaired) electrons. The number of pyridine rings is 1. The summed E-state index contributed by atoms with van der Waals surface area (Å²) in [5.41, 5.74) is 2.01. The lowest BCUT2D eigenvalue weighted by atomic mass is 9.94. The van der Waals surface area contributed by atoms with Crippen LogP contribution in [0.1, 0.15) is 44.1 Å². The SMILES string of the molecule is CN(C(=O)CCc1cnc2ccc(Oc3ccccc3)cc2c1)C1CCCCC1. The van der Waals surface area contributed by atoms with Crippen LogP contribution in [0.3, 0.4) is 0 Å². The van der Waals surface area contributed by atoms with Crippen molar-refractivity contribution < 1.29 is 9.53 Å². The van der Waals surface area contributed by atoms with Gasteiger partial charge in [-0.1, -0.05) is 37.5 Å². The van der Waals surface area contributed by atoms with E-state index in [1.165, 1.54) is 19.3 Å². The van der Waals surface area contributed by atoms with Crippen molar-refractivity contribution in [3.8, 4) is 11.5 Å². The number of fused-ring (bicyclic) bond motifs is 1. The smallest absolute Gasteiger partial charge is 0.222 e. The molecule has 0 unspecified atom stereocenters. The first-order valence-electron chi connectivity index (χ1n) is 10.6. The van der Waals surface area contributed by atoms with E-state index in [1.54, 1.807) is 0 Å². The Morgan fingerprint density at radius 2 is 1.83 bits per heavy atom. The van der Waals surface area contributed by atoms with E-state index in [-0.39, 0.29) is 5.91 Å². The van der Waals surface area contributed by atoms with Crippen molar-refractivity contribution in [3.63, 3.8) is 0 Å². The van der Waals surface area contributed by atoms with E-state index in [4.69, 9.17) is 4.74 Å². The van der Waals surface area contributed by atoms with Crippen LogP contribution in [0.5, 0.6) is 11.5 Å². The van der Waals surface area contributed by atoms with E-state index < -0.39 is 0 Å². The van der Waals surface area contributed by atoms with Gasteiger partial charge in [-0.05, 0) is 61.2 Å². The fourth-order valence-corrected chi connectivity index (χ4v) is 4.08. The molecule has 0 bridgehead atoms. The van der Waals surface area contributed by atoms with Gasteiger partial charge in [0.2, 0.25) is 5.91 Å². The molecule has 1 aliphatic carbocycles. The maximum absolute atomic E-state index is 12.6. The lowest BCUT2D eigenvalue weighted by molar-refractivity contribution is -0.132. The minimum absolute atomic E-state index is 0.234. The Labute approximate surface area is 172 Å². The van der Waals surface area contributed by atoms with E-state index in [2.05, 4.69) is 11.1 Å². The molecule has 1 aromatic heterocycles. The number of aromatic nitrogens is 1. The van der Waals surface area contributed by atoms with Crippen LogP contribution in [0.4, 0.5) is 0 Å². The molecular formula is C25H28N2O2. The summed E-state index contributed by atoms with van der Waals surface area (Å²) < 4.78 is 5.93. The van der Waals surface area contributed by atoms with Gasteiger partial charge >= 0.3 is 0 Å². The highest BCUT2D eigenvalue weighted by molar-refractivity contribution is 5.81. The lowest BCUT2D eigenvalue weighted by Crippen LogP contribution is -2.38. The summed E-state index contributed by atoms with van der Waals surface area (Å²) in [6, 6.07) is 18.2. The van der Waals surface area contributed by atoms with Gasteiger partial charge in [-0.3, -0.25) is 9.78 Å². The minimum atomic E-state index is 0.234. The van der Waals surface area contributed by atoms with Crippen molar-refractivity contribution in [1.29, 1.82) is 0 Å². The number of ether oxygens (including phenoxy) is 1. The Morgan fingerprint density at radius 3 is 2.62 bits per heavy atom. The number of hydrogen-bond acceptors (Lipinski definition) is 3. The summed E-state index contributed by atoms with van der Waals surface area (Å²) in [6.45, 7) is 0. The summed E-state index contributed by atoms with van der Waals surface area (Å²) in [7, 11) is 1.96. The van der Waals surface area contributed by atoms with Crippen LogP contribution in [0, 0.1) is 0 Å². The molecule has 0 N–H and O–H groups in total. The molecule has 1 heterocycles.